The molecular weight excluding hydrogens is 516 g/mol. The Kier molecular flexibility index (Phi) is 5.22. The van der Waals surface area contributed by atoms with E-state index in [1.165, 1.54) is 0 Å². The van der Waals surface area contributed by atoms with Crippen LogP contribution in [0.25, 0.3) is 77.3 Å². The smallest absolute Gasteiger partial charge is 0.136 e. The lowest BCUT2D eigenvalue weighted by atomic mass is 9.86. The molecule has 0 bridgehead atoms. The predicted octanol–water partition coefficient (Wildman–Crippen LogP) is 10.2. The van der Waals surface area contributed by atoms with Crippen LogP contribution in [0.2, 0.25) is 0 Å². The lowest BCUT2D eigenvalue weighted by Crippen LogP contribution is -1.95. The molecule has 0 unspecified atom stereocenters. The molecule has 4 nitrogen and oxygen atoms in total. The molecule has 0 amide bonds. The van der Waals surface area contributed by atoms with Crippen molar-refractivity contribution in [2.24, 2.45) is 0 Å². The Hall–Kier alpha value is -6.10. The quantitative estimate of drug-likeness (QED) is 0.225. The summed E-state index contributed by atoms with van der Waals surface area (Å²) in [6, 6.07) is 44.4. The Labute approximate surface area is 240 Å². The molecule has 2 heterocycles. The third-order valence-corrected chi connectivity index (χ3v) is 7.99. The van der Waals surface area contributed by atoms with Gasteiger partial charge in [0, 0.05) is 38.2 Å². The molecule has 0 aliphatic rings. The number of furan rings is 2. The first-order valence-corrected chi connectivity index (χ1v) is 13.6. The summed E-state index contributed by atoms with van der Waals surface area (Å²) in [5, 5.41) is 24.7. The standard InChI is InChI=1S/C38H20N2O2/c39-21-24-8-1-2-9-26(24)32-19-25(27-12-7-15-36-38(27)30-11-4-6-14-35(30)41-36)18-31(33(32)22-40)23-16-17-29-28-10-3-5-13-34(28)42-37(29)20-23/h1-20H. The van der Waals surface area contributed by atoms with E-state index in [0.29, 0.717) is 22.3 Å². The molecule has 0 saturated carbocycles. The fourth-order valence-electron chi connectivity index (χ4n) is 6.08. The van der Waals surface area contributed by atoms with E-state index in [9.17, 15) is 10.5 Å². The van der Waals surface area contributed by atoms with E-state index in [2.05, 4.69) is 42.5 Å². The summed E-state index contributed by atoms with van der Waals surface area (Å²) in [5.41, 5.74) is 9.16. The SMILES string of the molecule is N#Cc1ccccc1-c1cc(-c2cccc3oc4ccccc4c23)cc(-c2ccc3c(c2)oc2ccccc23)c1C#N. The lowest BCUT2D eigenvalue weighted by Gasteiger charge is -2.15. The highest BCUT2D eigenvalue weighted by Crippen LogP contribution is 2.43. The van der Waals surface area contributed by atoms with Crippen molar-refractivity contribution in [2.75, 3.05) is 0 Å². The number of rotatable bonds is 3. The number of para-hydroxylation sites is 2. The second-order valence-electron chi connectivity index (χ2n) is 10.3. The lowest BCUT2D eigenvalue weighted by molar-refractivity contribution is 0.668. The molecule has 8 rings (SSSR count). The minimum absolute atomic E-state index is 0.501. The van der Waals surface area contributed by atoms with Gasteiger partial charge >= 0.3 is 0 Å². The van der Waals surface area contributed by atoms with Gasteiger partial charge in [-0.3, -0.25) is 0 Å². The molecular formula is C38H20N2O2. The largest absolute Gasteiger partial charge is 0.456 e. The Bertz CT molecular complexity index is 2450. The van der Waals surface area contributed by atoms with Gasteiger partial charge < -0.3 is 8.83 Å². The monoisotopic (exact) mass is 536 g/mol. The number of benzene rings is 6. The van der Waals surface area contributed by atoms with Crippen LogP contribution in [0.4, 0.5) is 0 Å². The number of hydrogen-bond acceptors (Lipinski definition) is 4. The third-order valence-electron chi connectivity index (χ3n) is 7.99. The summed E-state index contributed by atoms with van der Waals surface area (Å²) in [6.45, 7) is 0. The van der Waals surface area contributed by atoms with Crippen molar-refractivity contribution in [1.82, 2.24) is 0 Å². The molecule has 0 spiro atoms. The molecule has 42 heavy (non-hydrogen) atoms. The highest BCUT2D eigenvalue weighted by atomic mass is 16.3. The fourth-order valence-corrected chi connectivity index (χ4v) is 6.08. The molecule has 0 aliphatic carbocycles. The second-order valence-corrected chi connectivity index (χ2v) is 10.3. The summed E-state index contributed by atoms with van der Waals surface area (Å²) in [7, 11) is 0. The zero-order valence-corrected chi connectivity index (χ0v) is 22.3. The maximum absolute atomic E-state index is 10.6. The van der Waals surface area contributed by atoms with Crippen LogP contribution in [-0.4, -0.2) is 0 Å². The molecule has 0 fully saturated rings. The molecule has 0 atom stereocenters. The van der Waals surface area contributed by atoms with Crippen molar-refractivity contribution >= 4 is 43.9 Å². The fraction of sp³-hybridized carbons (Fsp3) is 0. The number of nitriles is 2. The Balaban J connectivity index is 1.46. The van der Waals surface area contributed by atoms with Crippen LogP contribution < -0.4 is 0 Å². The summed E-state index contributed by atoms with van der Waals surface area (Å²) in [4.78, 5) is 0. The first-order valence-electron chi connectivity index (χ1n) is 13.6. The average molecular weight is 537 g/mol. The van der Waals surface area contributed by atoms with Crippen LogP contribution in [-0.2, 0) is 0 Å². The number of nitrogens with zero attached hydrogens (tertiary/aromatic N) is 2. The number of hydrogen-bond donors (Lipinski definition) is 0. The molecule has 0 aliphatic heterocycles. The van der Waals surface area contributed by atoms with Gasteiger partial charge in [0.25, 0.3) is 0 Å². The van der Waals surface area contributed by atoms with E-state index in [1.54, 1.807) is 6.07 Å². The van der Waals surface area contributed by atoms with Gasteiger partial charge in [0.15, 0.2) is 0 Å². The maximum atomic E-state index is 10.6. The molecule has 0 saturated heterocycles. The van der Waals surface area contributed by atoms with Crippen LogP contribution in [0.15, 0.2) is 130 Å². The van der Waals surface area contributed by atoms with Gasteiger partial charge in [-0.2, -0.15) is 10.5 Å². The van der Waals surface area contributed by atoms with Crippen molar-refractivity contribution in [2.45, 2.75) is 0 Å². The van der Waals surface area contributed by atoms with Gasteiger partial charge in [-0.1, -0.05) is 72.8 Å². The first-order chi connectivity index (χ1) is 20.7. The van der Waals surface area contributed by atoms with Crippen LogP contribution in [0.5, 0.6) is 0 Å². The van der Waals surface area contributed by atoms with E-state index in [0.717, 1.165) is 66.1 Å². The van der Waals surface area contributed by atoms with Crippen molar-refractivity contribution in [3.05, 3.63) is 132 Å². The van der Waals surface area contributed by atoms with Gasteiger partial charge in [-0.05, 0) is 65.2 Å². The van der Waals surface area contributed by atoms with Gasteiger partial charge in [0.2, 0.25) is 0 Å². The summed E-state index contributed by atoms with van der Waals surface area (Å²) < 4.78 is 12.4. The Morgan fingerprint density at radius 2 is 1.07 bits per heavy atom. The van der Waals surface area contributed by atoms with Crippen molar-refractivity contribution in [1.29, 1.82) is 10.5 Å². The van der Waals surface area contributed by atoms with Crippen molar-refractivity contribution in [3.63, 3.8) is 0 Å². The van der Waals surface area contributed by atoms with Crippen molar-refractivity contribution in [3.8, 4) is 45.5 Å². The third kappa shape index (κ3) is 3.53. The van der Waals surface area contributed by atoms with E-state index in [-0.39, 0.29) is 0 Å². The van der Waals surface area contributed by atoms with Gasteiger partial charge in [-0.25, -0.2) is 0 Å². The summed E-state index contributed by atoms with van der Waals surface area (Å²) in [6.07, 6.45) is 0. The van der Waals surface area contributed by atoms with E-state index in [4.69, 9.17) is 8.83 Å². The molecule has 4 heteroatoms. The highest BCUT2D eigenvalue weighted by molar-refractivity contribution is 6.13. The predicted molar refractivity (Wildman–Crippen MR) is 167 cm³/mol. The summed E-state index contributed by atoms with van der Waals surface area (Å²) in [5.74, 6) is 0. The molecule has 0 radical (unpaired) electrons. The van der Waals surface area contributed by atoms with Gasteiger partial charge in [0.1, 0.15) is 28.4 Å². The second kappa shape index (κ2) is 9.24. The first kappa shape index (κ1) is 23.8. The molecule has 194 valence electrons. The minimum Gasteiger partial charge on any atom is -0.456 e. The Morgan fingerprint density at radius 1 is 0.429 bits per heavy atom. The molecule has 0 N–H and O–H groups in total. The Morgan fingerprint density at radius 3 is 1.90 bits per heavy atom. The normalized spacial score (nSPS) is 11.3. The van der Waals surface area contributed by atoms with Crippen LogP contribution in [0.1, 0.15) is 11.1 Å². The van der Waals surface area contributed by atoms with E-state index in [1.807, 2.05) is 84.9 Å². The number of fused-ring (bicyclic) bond motifs is 6. The average Bonchev–Trinajstić information content (AvgIpc) is 3.62. The zero-order chi connectivity index (χ0) is 28.2. The van der Waals surface area contributed by atoms with Crippen molar-refractivity contribution < 1.29 is 8.83 Å². The van der Waals surface area contributed by atoms with E-state index >= 15 is 0 Å². The highest BCUT2D eigenvalue weighted by Gasteiger charge is 2.20. The topological polar surface area (TPSA) is 73.9 Å². The van der Waals surface area contributed by atoms with Gasteiger partial charge in [0.05, 0.1) is 17.2 Å². The van der Waals surface area contributed by atoms with Crippen LogP contribution in [0.3, 0.4) is 0 Å². The minimum atomic E-state index is 0.501. The van der Waals surface area contributed by atoms with Crippen LogP contribution >= 0.6 is 0 Å². The molecule has 8 aromatic rings. The van der Waals surface area contributed by atoms with Gasteiger partial charge in [-0.15, -0.1) is 0 Å². The zero-order valence-electron chi connectivity index (χ0n) is 22.3. The van der Waals surface area contributed by atoms with Crippen LogP contribution in [0, 0.1) is 22.7 Å². The molecule has 2 aromatic heterocycles. The van der Waals surface area contributed by atoms with E-state index < -0.39 is 0 Å². The maximum Gasteiger partial charge on any atom is 0.136 e. The summed E-state index contributed by atoms with van der Waals surface area (Å²) >= 11 is 0. The molecule has 6 aromatic carbocycles.